The zero-order valence-electron chi connectivity index (χ0n) is 14.6. The van der Waals surface area contributed by atoms with Gasteiger partial charge in [0.1, 0.15) is 18.0 Å². The molecule has 0 saturated carbocycles. The molecule has 0 radical (unpaired) electrons. The van der Waals surface area contributed by atoms with Gasteiger partial charge in [-0.1, -0.05) is 12.1 Å². The summed E-state index contributed by atoms with van der Waals surface area (Å²) in [5, 5.41) is 12.5. The average Bonchev–Trinajstić information content (AvgIpc) is 3.13. The maximum Gasteiger partial charge on any atom is 0.225 e. The van der Waals surface area contributed by atoms with Crippen LogP contribution in [0.2, 0.25) is 0 Å². The van der Waals surface area contributed by atoms with Crippen LogP contribution in [0.15, 0.2) is 24.5 Å². The molecule has 3 rings (SSSR count). The van der Waals surface area contributed by atoms with Crippen LogP contribution in [0.25, 0.3) is 5.69 Å². The third kappa shape index (κ3) is 3.57. The molecule has 2 heterocycles. The van der Waals surface area contributed by atoms with E-state index in [-0.39, 0.29) is 6.42 Å². The summed E-state index contributed by atoms with van der Waals surface area (Å²) in [5.74, 6) is 1.62. The second-order valence-corrected chi connectivity index (χ2v) is 6.08. The van der Waals surface area contributed by atoms with E-state index in [9.17, 15) is 4.79 Å². The minimum Gasteiger partial charge on any atom is -0.369 e. The zero-order valence-corrected chi connectivity index (χ0v) is 14.6. The van der Waals surface area contributed by atoms with Crippen molar-refractivity contribution in [3.63, 3.8) is 0 Å². The molecular formula is C17H21N7O. The summed E-state index contributed by atoms with van der Waals surface area (Å²) >= 11 is 0. The molecule has 0 spiro atoms. The summed E-state index contributed by atoms with van der Waals surface area (Å²) in [4.78, 5) is 15.8. The number of benzene rings is 1. The maximum absolute atomic E-state index is 11.2. The lowest BCUT2D eigenvalue weighted by molar-refractivity contribution is -0.117. The number of aryl methyl sites for hydroxylation is 4. The smallest absolute Gasteiger partial charge is 0.225 e. The third-order valence-corrected chi connectivity index (χ3v) is 4.23. The quantitative estimate of drug-likeness (QED) is 0.716. The van der Waals surface area contributed by atoms with Gasteiger partial charge in [0.25, 0.3) is 0 Å². The number of carbonyl (C=O) groups excluding carboxylic acids is 1. The maximum atomic E-state index is 11.2. The number of nitrogens with zero attached hydrogens (tertiary/aromatic N) is 6. The van der Waals surface area contributed by atoms with Gasteiger partial charge in [-0.25, -0.2) is 9.67 Å². The predicted molar refractivity (Wildman–Crippen MR) is 92.1 cm³/mol. The molecule has 2 aromatic heterocycles. The highest BCUT2D eigenvalue weighted by Crippen LogP contribution is 2.19. The Morgan fingerprint density at radius 1 is 1.20 bits per heavy atom. The Balaban J connectivity index is 1.97. The highest BCUT2D eigenvalue weighted by Gasteiger charge is 2.16. The first-order valence-electron chi connectivity index (χ1n) is 8.08. The van der Waals surface area contributed by atoms with E-state index in [1.807, 2.05) is 30.7 Å². The van der Waals surface area contributed by atoms with Gasteiger partial charge in [0.05, 0.1) is 12.1 Å². The Morgan fingerprint density at radius 2 is 1.96 bits per heavy atom. The monoisotopic (exact) mass is 339 g/mol. The Kier molecular flexibility index (Phi) is 4.60. The van der Waals surface area contributed by atoms with Gasteiger partial charge < -0.3 is 10.3 Å². The lowest BCUT2D eigenvalue weighted by atomic mass is 10.1. The fraction of sp³-hybridized carbons (Fsp3) is 0.353. The van der Waals surface area contributed by atoms with Crippen LogP contribution in [0, 0.1) is 13.8 Å². The Hall–Kier alpha value is -3.03. The van der Waals surface area contributed by atoms with E-state index < -0.39 is 5.91 Å². The first-order valence-corrected chi connectivity index (χ1v) is 8.08. The molecule has 2 N–H and O–H groups in total. The van der Waals surface area contributed by atoms with Crippen molar-refractivity contribution < 1.29 is 4.79 Å². The second-order valence-electron chi connectivity index (χ2n) is 6.08. The van der Waals surface area contributed by atoms with E-state index >= 15 is 0 Å². The van der Waals surface area contributed by atoms with Crippen molar-refractivity contribution in [3.8, 4) is 5.69 Å². The van der Waals surface area contributed by atoms with Crippen molar-refractivity contribution in [2.45, 2.75) is 33.1 Å². The normalized spacial score (nSPS) is 11.0. The van der Waals surface area contributed by atoms with E-state index in [4.69, 9.17) is 5.73 Å². The van der Waals surface area contributed by atoms with Crippen LogP contribution >= 0.6 is 0 Å². The second kappa shape index (κ2) is 6.84. The number of nitrogens with two attached hydrogens (primary N) is 1. The minimum atomic E-state index is -0.446. The molecule has 0 saturated heterocycles. The third-order valence-electron chi connectivity index (χ3n) is 4.23. The predicted octanol–water partition coefficient (Wildman–Crippen LogP) is 0.826. The topological polar surface area (TPSA) is 105 Å². The molecule has 0 atom stereocenters. The zero-order chi connectivity index (χ0) is 18.0. The summed E-state index contributed by atoms with van der Waals surface area (Å²) in [6.07, 6.45) is 3.00. The summed E-state index contributed by atoms with van der Waals surface area (Å²) in [6, 6.07) is 6.04. The van der Waals surface area contributed by atoms with Crippen LogP contribution in [-0.2, 0) is 31.1 Å². The molecule has 0 aliphatic heterocycles. The molecule has 0 bridgehead atoms. The highest BCUT2D eigenvalue weighted by atomic mass is 16.1. The molecule has 1 amide bonds. The van der Waals surface area contributed by atoms with Gasteiger partial charge >= 0.3 is 0 Å². The fourth-order valence-corrected chi connectivity index (χ4v) is 2.70. The first kappa shape index (κ1) is 16.8. The van der Waals surface area contributed by atoms with Crippen molar-refractivity contribution in [1.29, 1.82) is 0 Å². The fourth-order valence-electron chi connectivity index (χ4n) is 2.70. The number of primary amides is 1. The van der Waals surface area contributed by atoms with Crippen molar-refractivity contribution in [3.05, 3.63) is 53.1 Å². The Labute approximate surface area is 145 Å². The molecular weight excluding hydrogens is 318 g/mol. The van der Waals surface area contributed by atoms with Gasteiger partial charge in [-0.15, -0.1) is 10.2 Å². The van der Waals surface area contributed by atoms with Crippen LogP contribution in [0.1, 0.15) is 28.6 Å². The Bertz CT molecular complexity index is 910. The Morgan fingerprint density at radius 3 is 2.64 bits per heavy atom. The average molecular weight is 339 g/mol. The van der Waals surface area contributed by atoms with Gasteiger partial charge in [-0.05, 0) is 31.0 Å². The van der Waals surface area contributed by atoms with Crippen LogP contribution in [0.3, 0.4) is 0 Å². The number of rotatable bonds is 6. The van der Waals surface area contributed by atoms with Gasteiger partial charge in [0.2, 0.25) is 5.91 Å². The molecule has 0 fully saturated rings. The summed E-state index contributed by atoms with van der Waals surface area (Å²) in [7, 11) is 1.91. The van der Waals surface area contributed by atoms with Gasteiger partial charge in [-0.2, -0.15) is 5.10 Å². The number of hydrogen-bond donors (Lipinski definition) is 1. The van der Waals surface area contributed by atoms with E-state index in [2.05, 4.69) is 33.3 Å². The van der Waals surface area contributed by atoms with Crippen molar-refractivity contribution in [2.75, 3.05) is 0 Å². The lowest BCUT2D eigenvalue weighted by Crippen LogP contribution is -2.14. The molecule has 0 aliphatic rings. The lowest BCUT2D eigenvalue weighted by Gasteiger charge is -2.10. The van der Waals surface area contributed by atoms with Crippen molar-refractivity contribution in [2.24, 2.45) is 12.8 Å². The SMILES string of the molecule is Cc1cccc(-n2nc(CC(N)=O)nc2CCc2nncn2C)c1C. The molecule has 130 valence electrons. The molecule has 0 unspecified atom stereocenters. The van der Waals surface area contributed by atoms with E-state index in [1.165, 1.54) is 5.56 Å². The van der Waals surface area contributed by atoms with Gasteiger partial charge in [0.15, 0.2) is 5.82 Å². The molecule has 8 nitrogen and oxygen atoms in total. The standard InChI is InChI=1S/C17H21N7O/c1-11-5-4-6-13(12(11)2)24-16(20-15(22-24)9-14(18)25)7-8-17-21-19-10-23(17)3/h4-6,10H,7-9H2,1-3H3,(H2,18,25). The van der Waals surface area contributed by atoms with E-state index in [0.717, 1.165) is 22.9 Å². The van der Waals surface area contributed by atoms with Gasteiger partial charge in [0, 0.05) is 19.9 Å². The van der Waals surface area contributed by atoms with Crippen LogP contribution in [0.5, 0.6) is 0 Å². The first-order chi connectivity index (χ1) is 12.0. The van der Waals surface area contributed by atoms with E-state index in [1.54, 1.807) is 11.0 Å². The molecule has 0 aliphatic carbocycles. The summed E-state index contributed by atoms with van der Waals surface area (Å²) in [5.41, 5.74) is 8.55. The highest BCUT2D eigenvalue weighted by molar-refractivity contribution is 5.75. The molecule has 8 heteroatoms. The molecule has 3 aromatic rings. The molecule has 25 heavy (non-hydrogen) atoms. The van der Waals surface area contributed by atoms with Crippen LogP contribution in [-0.4, -0.2) is 35.4 Å². The largest absolute Gasteiger partial charge is 0.369 e. The minimum absolute atomic E-state index is 0.0226. The molecule has 1 aromatic carbocycles. The van der Waals surface area contributed by atoms with Gasteiger partial charge in [-0.3, -0.25) is 4.79 Å². The number of aromatic nitrogens is 6. The van der Waals surface area contributed by atoms with Crippen molar-refractivity contribution in [1.82, 2.24) is 29.5 Å². The van der Waals surface area contributed by atoms with E-state index in [0.29, 0.717) is 18.7 Å². The number of hydrogen-bond acceptors (Lipinski definition) is 5. The summed E-state index contributed by atoms with van der Waals surface area (Å²) in [6.45, 7) is 4.10. The van der Waals surface area contributed by atoms with Crippen LogP contribution < -0.4 is 5.73 Å². The number of carbonyl (C=O) groups is 1. The number of amides is 1. The van der Waals surface area contributed by atoms with Crippen molar-refractivity contribution >= 4 is 5.91 Å². The summed E-state index contributed by atoms with van der Waals surface area (Å²) < 4.78 is 3.68. The van der Waals surface area contributed by atoms with Crippen LogP contribution in [0.4, 0.5) is 0 Å².